The summed E-state index contributed by atoms with van der Waals surface area (Å²) in [4.78, 5) is 22.8. The zero-order valence-corrected chi connectivity index (χ0v) is 14.1. The zero-order valence-electron chi connectivity index (χ0n) is 13.3. The molecule has 0 radical (unpaired) electrons. The highest BCUT2D eigenvalue weighted by molar-refractivity contribution is 7.25. The second kappa shape index (κ2) is 5.72. The summed E-state index contributed by atoms with van der Waals surface area (Å²) in [6.45, 7) is 2.09. The van der Waals surface area contributed by atoms with Gasteiger partial charge in [0.1, 0.15) is 21.6 Å². The van der Waals surface area contributed by atoms with Gasteiger partial charge in [0.2, 0.25) is 0 Å². The molecule has 0 fully saturated rings. The maximum Gasteiger partial charge on any atom is 0.275 e. The molecule has 0 saturated carbocycles. The molecule has 4 rings (SSSR count). The van der Waals surface area contributed by atoms with Gasteiger partial charge in [0.05, 0.1) is 18.3 Å². The van der Waals surface area contributed by atoms with E-state index in [-0.39, 0.29) is 5.56 Å². The van der Waals surface area contributed by atoms with Crippen LogP contribution in [-0.2, 0) is 6.42 Å². The predicted molar refractivity (Wildman–Crippen MR) is 96.4 cm³/mol. The van der Waals surface area contributed by atoms with Gasteiger partial charge in [-0.1, -0.05) is 6.92 Å². The first kappa shape index (κ1) is 14.8. The van der Waals surface area contributed by atoms with Crippen molar-refractivity contribution >= 4 is 31.8 Å². The van der Waals surface area contributed by atoms with E-state index in [0.29, 0.717) is 4.70 Å². The number of fused-ring (bicyclic) bond motifs is 3. The van der Waals surface area contributed by atoms with Gasteiger partial charge in [0.25, 0.3) is 5.56 Å². The Kier molecular flexibility index (Phi) is 3.54. The molecule has 0 aliphatic rings. The first-order valence-electron chi connectivity index (χ1n) is 7.65. The molecule has 4 aromatic rings. The van der Waals surface area contributed by atoms with E-state index >= 15 is 0 Å². The largest absolute Gasteiger partial charge is 0.497 e. The zero-order chi connectivity index (χ0) is 16.7. The Labute approximate surface area is 142 Å². The Morgan fingerprint density at radius 3 is 2.67 bits per heavy atom. The van der Waals surface area contributed by atoms with Gasteiger partial charge >= 0.3 is 0 Å². The second-order valence-electron chi connectivity index (χ2n) is 5.40. The van der Waals surface area contributed by atoms with Crippen LogP contribution in [0.25, 0.3) is 26.1 Å². The van der Waals surface area contributed by atoms with E-state index in [1.54, 1.807) is 24.2 Å². The summed E-state index contributed by atoms with van der Waals surface area (Å²) in [6, 6.07) is 9.33. The maximum atomic E-state index is 12.9. The molecule has 0 unspecified atom stereocenters. The minimum atomic E-state index is -0.0739. The van der Waals surface area contributed by atoms with E-state index in [0.717, 1.165) is 33.6 Å². The summed E-state index contributed by atoms with van der Waals surface area (Å²) < 4.78 is 7.36. The third-order valence-electron chi connectivity index (χ3n) is 4.10. The number of ether oxygens (including phenoxy) is 1. The van der Waals surface area contributed by atoms with Gasteiger partial charge in [-0.3, -0.25) is 9.36 Å². The van der Waals surface area contributed by atoms with Crippen LogP contribution in [0, 0.1) is 0 Å². The number of hydrogen-bond donors (Lipinski definition) is 0. The fourth-order valence-corrected chi connectivity index (χ4v) is 3.91. The number of benzene rings is 1. The van der Waals surface area contributed by atoms with Crippen molar-refractivity contribution in [2.24, 2.45) is 0 Å². The molecule has 6 heteroatoms. The number of methoxy groups -OCH3 is 1. The number of pyridine rings is 1. The van der Waals surface area contributed by atoms with Crippen LogP contribution in [0.2, 0.25) is 0 Å². The summed E-state index contributed by atoms with van der Waals surface area (Å²) in [6.07, 6.45) is 4.26. The third kappa shape index (κ3) is 2.18. The van der Waals surface area contributed by atoms with Crippen LogP contribution < -0.4 is 10.3 Å². The minimum Gasteiger partial charge on any atom is -0.497 e. The van der Waals surface area contributed by atoms with Crippen molar-refractivity contribution < 1.29 is 4.74 Å². The molecular weight excluding hydrogens is 322 g/mol. The van der Waals surface area contributed by atoms with E-state index < -0.39 is 0 Å². The number of nitrogens with zero attached hydrogens (tertiary/aromatic N) is 3. The summed E-state index contributed by atoms with van der Waals surface area (Å²) in [5.74, 6) is 0.750. The highest BCUT2D eigenvalue weighted by atomic mass is 32.1. The normalized spacial score (nSPS) is 11.2. The second-order valence-corrected chi connectivity index (χ2v) is 6.40. The van der Waals surface area contributed by atoms with Gasteiger partial charge in [-0.15, -0.1) is 11.3 Å². The monoisotopic (exact) mass is 337 g/mol. The Balaban J connectivity index is 1.98. The van der Waals surface area contributed by atoms with E-state index in [4.69, 9.17) is 4.74 Å². The van der Waals surface area contributed by atoms with Crippen LogP contribution in [0.4, 0.5) is 0 Å². The van der Waals surface area contributed by atoms with E-state index in [1.807, 2.05) is 30.3 Å². The van der Waals surface area contributed by atoms with Crippen molar-refractivity contribution in [3.63, 3.8) is 0 Å². The molecule has 0 spiro atoms. The molecule has 1 aromatic carbocycles. The van der Waals surface area contributed by atoms with Crippen molar-refractivity contribution in [1.82, 2.24) is 14.5 Å². The molecule has 24 heavy (non-hydrogen) atoms. The molecular formula is C18H15N3O2S. The Morgan fingerprint density at radius 2 is 1.96 bits per heavy atom. The molecule has 0 amide bonds. The SMILES string of the molecule is CCc1ccnc2sc3c(=O)n(-c4ccc(OC)cc4)cnc3c12. The highest BCUT2D eigenvalue weighted by Crippen LogP contribution is 2.31. The molecule has 0 atom stereocenters. The van der Waals surface area contributed by atoms with Gasteiger partial charge in [-0.25, -0.2) is 9.97 Å². The molecule has 0 aliphatic heterocycles. The van der Waals surface area contributed by atoms with Crippen LogP contribution in [0.15, 0.2) is 47.7 Å². The number of hydrogen-bond acceptors (Lipinski definition) is 5. The van der Waals surface area contributed by atoms with Crippen molar-refractivity contribution in [2.45, 2.75) is 13.3 Å². The lowest BCUT2D eigenvalue weighted by molar-refractivity contribution is 0.414. The number of thiophene rings is 1. The van der Waals surface area contributed by atoms with Gasteiger partial charge in [-0.2, -0.15) is 0 Å². The third-order valence-corrected chi connectivity index (χ3v) is 5.17. The van der Waals surface area contributed by atoms with Crippen molar-refractivity contribution in [3.05, 3.63) is 58.8 Å². The van der Waals surface area contributed by atoms with Crippen LogP contribution in [-0.4, -0.2) is 21.6 Å². The van der Waals surface area contributed by atoms with Crippen LogP contribution in [0.3, 0.4) is 0 Å². The van der Waals surface area contributed by atoms with Gasteiger partial charge < -0.3 is 4.74 Å². The lowest BCUT2D eigenvalue weighted by Gasteiger charge is -2.06. The van der Waals surface area contributed by atoms with E-state index in [2.05, 4.69) is 16.9 Å². The summed E-state index contributed by atoms with van der Waals surface area (Å²) in [5.41, 5.74) is 2.60. The number of aromatic nitrogens is 3. The average Bonchev–Trinajstić information content (AvgIpc) is 3.02. The lowest BCUT2D eigenvalue weighted by Crippen LogP contribution is -2.17. The molecule has 0 saturated heterocycles. The smallest absolute Gasteiger partial charge is 0.275 e. The first-order valence-corrected chi connectivity index (χ1v) is 8.46. The Morgan fingerprint density at radius 1 is 1.17 bits per heavy atom. The average molecular weight is 337 g/mol. The van der Waals surface area contributed by atoms with Crippen LogP contribution in [0.1, 0.15) is 12.5 Å². The van der Waals surface area contributed by atoms with Crippen LogP contribution >= 0.6 is 11.3 Å². The molecule has 120 valence electrons. The van der Waals surface area contributed by atoms with E-state index in [1.165, 1.54) is 16.9 Å². The van der Waals surface area contributed by atoms with E-state index in [9.17, 15) is 4.79 Å². The van der Waals surface area contributed by atoms with Crippen molar-refractivity contribution in [3.8, 4) is 11.4 Å². The summed E-state index contributed by atoms with van der Waals surface area (Å²) in [7, 11) is 1.62. The molecule has 3 heterocycles. The first-order chi connectivity index (χ1) is 11.7. The number of rotatable bonds is 3. The Bertz CT molecular complexity index is 1100. The topological polar surface area (TPSA) is 57.0 Å². The van der Waals surface area contributed by atoms with Crippen LogP contribution in [0.5, 0.6) is 5.75 Å². The molecule has 5 nitrogen and oxygen atoms in total. The highest BCUT2D eigenvalue weighted by Gasteiger charge is 2.15. The maximum absolute atomic E-state index is 12.9. The van der Waals surface area contributed by atoms with Crippen molar-refractivity contribution in [1.29, 1.82) is 0 Å². The molecule has 0 bridgehead atoms. The lowest BCUT2D eigenvalue weighted by atomic mass is 10.1. The summed E-state index contributed by atoms with van der Waals surface area (Å²) >= 11 is 1.40. The minimum absolute atomic E-state index is 0.0739. The molecule has 3 aromatic heterocycles. The van der Waals surface area contributed by atoms with Gasteiger partial charge in [-0.05, 0) is 42.3 Å². The Hall–Kier alpha value is -2.73. The van der Waals surface area contributed by atoms with Crippen molar-refractivity contribution in [2.75, 3.05) is 7.11 Å². The molecule has 0 N–H and O–H groups in total. The standard InChI is InChI=1S/C18H15N3O2S/c1-3-11-8-9-19-17-14(11)15-16(24-17)18(22)21(10-20-15)12-4-6-13(23-2)7-5-12/h4-10H,3H2,1-2H3. The fraction of sp³-hybridized carbons (Fsp3) is 0.167. The number of aryl methyl sites for hydroxylation is 1. The fourth-order valence-electron chi connectivity index (χ4n) is 2.84. The molecule has 0 aliphatic carbocycles. The summed E-state index contributed by atoms with van der Waals surface area (Å²) in [5, 5.41) is 0.999. The van der Waals surface area contributed by atoms with Gasteiger partial charge in [0, 0.05) is 11.6 Å². The predicted octanol–water partition coefficient (Wildman–Crippen LogP) is 3.57. The quantitative estimate of drug-likeness (QED) is 0.573. The van der Waals surface area contributed by atoms with Gasteiger partial charge in [0.15, 0.2) is 0 Å².